The Kier molecular flexibility index (Phi) is 4.36. The second-order valence-electron chi connectivity index (χ2n) is 4.72. The molecule has 5 heteroatoms. The molecule has 3 aromatic rings. The third-order valence-electron chi connectivity index (χ3n) is 3.00. The summed E-state index contributed by atoms with van der Waals surface area (Å²) in [6.45, 7) is 2.70. The summed E-state index contributed by atoms with van der Waals surface area (Å²) in [5, 5.41) is 1.60. The number of aromatic nitrogens is 2. The second kappa shape index (κ2) is 6.41. The molecule has 0 saturated heterocycles. The van der Waals surface area contributed by atoms with Crippen LogP contribution in [0.15, 0.2) is 47.6 Å². The number of hydrogen-bond donors (Lipinski definition) is 1. The number of aromatic amines is 1. The van der Waals surface area contributed by atoms with E-state index in [9.17, 15) is 0 Å². The van der Waals surface area contributed by atoms with Crippen molar-refractivity contribution in [2.24, 2.45) is 0 Å². The Bertz CT molecular complexity index is 757. The molecule has 0 unspecified atom stereocenters. The normalized spacial score (nSPS) is 11.0. The largest absolute Gasteiger partial charge is 0.493 e. The Hall–Kier alpha value is -1.65. The molecule has 0 atom stereocenters. The minimum Gasteiger partial charge on any atom is -0.493 e. The molecule has 0 amide bonds. The van der Waals surface area contributed by atoms with Gasteiger partial charge in [-0.25, -0.2) is 4.98 Å². The van der Waals surface area contributed by atoms with Crippen LogP contribution in [0.3, 0.4) is 0 Å². The van der Waals surface area contributed by atoms with Gasteiger partial charge < -0.3 is 9.72 Å². The topological polar surface area (TPSA) is 37.9 Å². The summed E-state index contributed by atoms with van der Waals surface area (Å²) < 4.78 is 5.72. The Morgan fingerprint density at radius 1 is 1.24 bits per heavy atom. The summed E-state index contributed by atoms with van der Waals surface area (Å²) in [5.74, 6) is 1.74. The highest BCUT2D eigenvalue weighted by molar-refractivity contribution is 7.99. The van der Waals surface area contributed by atoms with E-state index in [4.69, 9.17) is 16.3 Å². The first-order valence-electron chi connectivity index (χ1n) is 6.68. The number of nitrogens with zero attached hydrogens (tertiary/aromatic N) is 1. The maximum absolute atomic E-state index is 5.96. The molecule has 0 aliphatic rings. The van der Waals surface area contributed by atoms with E-state index >= 15 is 0 Å². The highest BCUT2D eigenvalue weighted by Crippen LogP contribution is 2.22. The SMILES string of the molecule is Cc1cccc(OCCSc2nc3ccc(Cl)cc3[nH]2)c1. The Balaban J connectivity index is 1.54. The molecular weight excluding hydrogens is 304 g/mol. The number of nitrogens with one attached hydrogen (secondary N) is 1. The second-order valence-corrected chi connectivity index (χ2v) is 6.24. The molecule has 0 fully saturated rings. The Morgan fingerprint density at radius 3 is 3.00 bits per heavy atom. The van der Waals surface area contributed by atoms with Gasteiger partial charge in [-0.2, -0.15) is 0 Å². The van der Waals surface area contributed by atoms with Crippen LogP contribution in [0.5, 0.6) is 5.75 Å². The molecule has 0 aliphatic carbocycles. The molecule has 1 heterocycles. The predicted molar refractivity (Wildman–Crippen MR) is 88.5 cm³/mol. The first kappa shape index (κ1) is 14.3. The number of imidazole rings is 1. The van der Waals surface area contributed by atoms with E-state index in [1.54, 1.807) is 11.8 Å². The van der Waals surface area contributed by atoms with Crippen LogP contribution in [-0.2, 0) is 0 Å². The number of H-pyrrole nitrogens is 1. The molecule has 2 aromatic carbocycles. The molecule has 0 bridgehead atoms. The average molecular weight is 319 g/mol. The van der Waals surface area contributed by atoms with Gasteiger partial charge in [-0.1, -0.05) is 35.5 Å². The van der Waals surface area contributed by atoms with Crippen LogP contribution in [0.2, 0.25) is 5.02 Å². The van der Waals surface area contributed by atoms with Crippen molar-refractivity contribution < 1.29 is 4.74 Å². The van der Waals surface area contributed by atoms with E-state index in [2.05, 4.69) is 23.0 Å². The third kappa shape index (κ3) is 3.71. The van der Waals surface area contributed by atoms with E-state index in [0.29, 0.717) is 11.6 Å². The van der Waals surface area contributed by atoms with Gasteiger partial charge in [-0.15, -0.1) is 0 Å². The van der Waals surface area contributed by atoms with Crippen molar-refractivity contribution in [3.05, 3.63) is 53.1 Å². The molecule has 1 N–H and O–H groups in total. The van der Waals surface area contributed by atoms with Crippen LogP contribution in [0.25, 0.3) is 11.0 Å². The molecule has 3 rings (SSSR count). The van der Waals surface area contributed by atoms with Crippen LogP contribution in [0, 0.1) is 6.92 Å². The lowest BCUT2D eigenvalue weighted by Gasteiger charge is -2.05. The zero-order valence-corrected chi connectivity index (χ0v) is 13.2. The minimum atomic E-state index is 0.645. The van der Waals surface area contributed by atoms with Gasteiger partial charge in [0.1, 0.15) is 5.75 Å². The van der Waals surface area contributed by atoms with Gasteiger partial charge in [0, 0.05) is 10.8 Å². The van der Waals surface area contributed by atoms with Crippen LogP contribution in [-0.4, -0.2) is 22.3 Å². The number of hydrogen-bond acceptors (Lipinski definition) is 3. The average Bonchev–Trinajstić information content (AvgIpc) is 2.85. The van der Waals surface area contributed by atoms with Crippen LogP contribution in [0.1, 0.15) is 5.56 Å². The van der Waals surface area contributed by atoms with Gasteiger partial charge in [0.15, 0.2) is 5.16 Å². The summed E-state index contributed by atoms with van der Waals surface area (Å²) in [4.78, 5) is 7.76. The standard InChI is InChI=1S/C16H15ClN2OS/c1-11-3-2-4-13(9-11)20-7-8-21-16-18-14-6-5-12(17)10-15(14)19-16/h2-6,9-10H,7-8H2,1H3,(H,18,19). The number of rotatable bonds is 5. The number of halogens is 1. The lowest BCUT2D eigenvalue weighted by molar-refractivity contribution is 0.343. The Morgan fingerprint density at radius 2 is 2.14 bits per heavy atom. The van der Waals surface area contributed by atoms with Crippen molar-refractivity contribution in [2.75, 3.05) is 12.4 Å². The van der Waals surface area contributed by atoms with Crippen molar-refractivity contribution in [3.63, 3.8) is 0 Å². The van der Waals surface area contributed by atoms with Gasteiger partial charge >= 0.3 is 0 Å². The number of aryl methyl sites for hydroxylation is 1. The van der Waals surface area contributed by atoms with Crippen molar-refractivity contribution in [1.82, 2.24) is 9.97 Å². The van der Waals surface area contributed by atoms with Gasteiger partial charge in [-0.3, -0.25) is 0 Å². The maximum Gasteiger partial charge on any atom is 0.166 e. The van der Waals surface area contributed by atoms with Gasteiger partial charge in [-0.05, 0) is 42.8 Å². The third-order valence-corrected chi connectivity index (χ3v) is 4.08. The van der Waals surface area contributed by atoms with Crippen LogP contribution >= 0.6 is 23.4 Å². The smallest absolute Gasteiger partial charge is 0.166 e. The van der Waals surface area contributed by atoms with Gasteiger partial charge in [0.25, 0.3) is 0 Å². The van der Waals surface area contributed by atoms with Crippen molar-refractivity contribution >= 4 is 34.4 Å². The molecule has 0 saturated carbocycles. The molecule has 21 heavy (non-hydrogen) atoms. The summed E-state index contributed by atoms with van der Waals surface area (Å²) >= 11 is 7.60. The summed E-state index contributed by atoms with van der Waals surface area (Å²) in [6, 6.07) is 13.7. The number of thioether (sulfide) groups is 1. The maximum atomic E-state index is 5.96. The van der Waals surface area contributed by atoms with E-state index in [-0.39, 0.29) is 0 Å². The molecule has 0 spiro atoms. The fourth-order valence-electron chi connectivity index (χ4n) is 2.03. The van der Waals surface area contributed by atoms with Crippen LogP contribution in [0.4, 0.5) is 0 Å². The highest BCUT2D eigenvalue weighted by atomic mass is 35.5. The van der Waals surface area contributed by atoms with Crippen molar-refractivity contribution in [2.45, 2.75) is 12.1 Å². The quantitative estimate of drug-likeness (QED) is 0.547. The highest BCUT2D eigenvalue weighted by Gasteiger charge is 2.04. The number of ether oxygens (including phenoxy) is 1. The Labute approximate surface area is 132 Å². The first-order chi connectivity index (χ1) is 10.2. The van der Waals surface area contributed by atoms with E-state index in [1.165, 1.54) is 5.56 Å². The lowest BCUT2D eigenvalue weighted by Crippen LogP contribution is -2.00. The van der Waals surface area contributed by atoms with E-state index in [0.717, 1.165) is 27.7 Å². The predicted octanol–water partition coefficient (Wildman–Crippen LogP) is 4.70. The van der Waals surface area contributed by atoms with Crippen LogP contribution < -0.4 is 4.74 Å². The lowest BCUT2D eigenvalue weighted by atomic mass is 10.2. The molecule has 108 valence electrons. The zero-order chi connectivity index (χ0) is 14.7. The van der Waals surface area contributed by atoms with E-state index < -0.39 is 0 Å². The monoisotopic (exact) mass is 318 g/mol. The van der Waals surface area contributed by atoms with Crippen molar-refractivity contribution in [3.8, 4) is 5.75 Å². The molecule has 0 radical (unpaired) electrons. The molecule has 0 aliphatic heterocycles. The molecule has 3 nitrogen and oxygen atoms in total. The van der Waals surface area contributed by atoms with E-state index in [1.807, 2.05) is 36.4 Å². The minimum absolute atomic E-state index is 0.645. The van der Waals surface area contributed by atoms with Gasteiger partial charge in [0.05, 0.1) is 17.6 Å². The summed E-state index contributed by atoms with van der Waals surface area (Å²) in [7, 11) is 0. The van der Waals surface area contributed by atoms with Gasteiger partial charge in [0.2, 0.25) is 0 Å². The fraction of sp³-hybridized carbons (Fsp3) is 0.188. The molecular formula is C16H15ClN2OS. The zero-order valence-electron chi connectivity index (χ0n) is 11.6. The first-order valence-corrected chi connectivity index (χ1v) is 8.04. The number of fused-ring (bicyclic) bond motifs is 1. The van der Waals surface area contributed by atoms with Crippen molar-refractivity contribution in [1.29, 1.82) is 0 Å². The summed E-state index contributed by atoms with van der Waals surface area (Å²) in [5.41, 5.74) is 3.10. The fourth-order valence-corrected chi connectivity index (χ4v) is 2.91. The number of benzene rings is 2. The summed E-state index contributed by atoms with van der Waals surface area (Å²) in [6.07, 6.45) is 0. The molecule has 1 aromatic heterocycles.